The molecule has 0 atom stereocenters. The molecule has 0 aliphatic carbocycles. The van der Waals surface area contributed by atoms with Gasteiger partial charge in [-0.05, 0) is 155 Å². The van der Waals surface area contributed by atoms with Crippen molar-refractivity contribution in [2.24, 2.45) is 0 Å². The third-order valence-electron chi connectivity index (χ3n) is 9.92. The van der Waals surface area contributed by atoms with Crippen LogP contribution in [0, 0.1) is 24.7 Å². The lowest BCUT2D eigenvalue weighted by Gasteiger charge is -2.10. The van der Waals surface area contributed by atoms with Crippen LogP contribution in [0.5, 0.6) is 11.5 Å². The van der Waals surface area contributed by atoms with Gasteiger partial charge in [0.05, 0.1) is 11.1 Å². The SMILES string of the molecule is C#Cc1ccc(NC(=O)c2ccc(OC(=O)c3ccc4ccc(C(=O)Oc5cccc(NC(=O)c6ccc7cc(C(=O)Nc8ccc(C#C)cc8)ccc7c6)c5)cc4c3)cc2)cc1. The molecule has 302 valence electrons. The second kappa shape index (κ2) is 17.9. The Labute approximate surface area is 361 Å². The normalized spacial score (nSPS) is 10.5. The molecular formula is C53H33N3O7. The molecule has 63 heavy (non-hydrogen) atoms. The van der Waals surface area contributed by atoms with Gasteiger partial charge < -0.3 is 25.4 Å². The van der Waals surface area contributed by atoms with Gasteiger partial charge in [-0.3, -0.25) is 14.4 Å². The van der Waals surface area contributed by atoms with Crippen LogP contribution >= 0.6 is 0 Å². The maximum atomic E-state index is 13.3. The van der Waals surface area contributed by atoms with Gasteiger partial charge in [0.15, 0.2) is 0 Å². The lowest BCUT2D eigenvalue weighted by molar-refractivity contribution is 0.0726. The Morgan fingerprint density at radius 2 is 0.778 bits per heavy atom. The topological polar surface area (TPSA) is 140 Å². The summed E-state index contributed by atoms with van der Waals surface area (Å²) in [6.45, 7) is 0. The van der Waals surface area contributed by atoms with Gasteiger partial charge in [-0.1, -0.05) is 42.2 Å². The molecule has 10 heteroatoms. The monoisotopic (exact) mass is 823 g/mol. The van der Waals surface area contributed by atoms with Gasteiger partial charge in [-0.25, -0.2) is 9.59 Å². The lowest BCUT2D eigenvalue weighted by atomic mass is 10.0. The number of esters is 2. The highest BCUT2D eigenvalue weighted by Crippen LogP contribution is 2.25. The van der Waals surface area contributed by atoms with Crippen molar-refractivity contribution in [1.82, 2.24) is 0 Å². The Balaban J connectivity index is 0.875. The number of rotatable bonds is 10. The number of terminal acetylenes is 2. The number of ether oxygens (including phenoxy) is 2. The molecule has 0 saturated heterocycles. The predicted octanol–water partition coefficient (Wildman–Crippen LogP) is 10.2. The van der Waals surface area contributed by atoms with Crippen LogP contribution in [0.3, 0.4) is 0 Å². The largest absolute Gasteiger partial charge is 0.423 e. The highest BCUT2D eigenvalue weighted by Gasteiger charge is 2.16. The second-order valence-corrected chi connectivity index (χ2v) is 14.2. The molecule has 0 heterocycles. The van der Waals surface area contributed by atoms with Crippen molar-refractivity contribution in [2.45, 2.75) is 0 Å². The van der Waals surface area contributed by atoms with Gasteiger partial charge in [0.25, 0.3) is 17.7 Å². The quantitative estimate of drug-likeness (QED) is 0.0709. The molecule has 0 fully saturated rings. The zero-order valence-corrected chi connectivity index (χ0v) is 33.2. The van der Waals surface area contributed by atoms with Crippen LogP contribution in [-0.2, 0) is 0 Å². The van der Waals surface area contributed by atoms with Crippen molar-refractivity contribution in [3.8, 4) is 36.2 Å². The molecule has 3 amide bonds. The summed E-state index contributed by atoms with van der Waals surface area (Å²) in [7, 11) is 0. The Kier molecular flexibility index (Phi) is 11.5. The fourth-order valence-electron chi connectivity index (χ4n) is 6.58. The third-order valence-corrected chi connectivity index (χ3v) is 9.92. The number of benzene rings is 8. The third kappa shape index (κ3) is 9.63. The van der Waals surface area contributed by atoms with Gasteiger partial charge in [0.1, 0.15) is 11.5 Å². The van der Waals surface area contributed by atoms with Gasteiger partial charge in [-0.15, -0.1) is 12.8 Å². The number of carbonyl (C=O) groups excluding carboxylic acids is 5. The summed E-state index contributed by atoms with van der Waals surface area (Å²) in [6.07, 6.45) is 10.8. The van der Waals surface area contributed by atoms with E-state index in [4.69, 9.17) is 22.3 Å². The first-order valence-corrected chi connectivity index (χ1v) is 19.4. The average molecular weight is 824 g/mol. The molecule has 0 spiro atoms. The zero-order chi connectivity index (χ0) is 43.9. The Morgan fingerprint density at radius 1 is 0.365 bits per heavy atom. The first-order chi connectivity index (χ1) is 30.6. The molecule has 10 nitrogen and oxygen atoms in total. The van der Waals surface area contributed by atoms with Crippen LogP contribution in [0.15, 0.2) is 170 Å². The summed E-state index contributed by atoms with van der Waals surface area (Å²) in [5, 5.41) is 11.4. The number of fused-ring (bicyclic) bond motifs is 2. The number of amides is 3. The first kappa shape index (κ1) is 40.5. The maximum absolute atomic E-state index is 13.3. The molecule has 0 aliphatic heterocycles. The van der Waals surface area contributed by atoms with Crippen molar-refractivity contribution in [3.05, 3.63) is 209 Å². The minimum absolute atomic E-state index is 0.203. The van der Waals surface area contributed by atoms with Crippen LogP contribution in [0.25, 0.3) is 21.5 Å². The predicted molar refractivity (Wildman–Crippen MR) is 243 cm³/mol. The highest BCUT2D eigenvalue weighted by molar-refractivity contribution is 6.09. The van der Waals surface area contributed by atoms with E-state index >= 15 is 0 Å². The summed E-state index contributed by atoms with van der Waals surface area (Å²) >= 11 is 0. The molecular weight excluding hydrogens is 791 g/mol. The van der Waals surface area contributed by atoms with Crippen molar-refractivity contribution in [3.63, 3.8) is 0 Å². The zero-order valence-electron chi connectivity index (χ0n) is 33.2. The standard InChI is InChI=1S/C53H33N3O7/c1-3-33-8-22-44(23-9-33)54-49(57)36-20-26-47(27-21-36)62-52(60)41-18-12-35-13-19-42(31-43(35)30-41)53(61)63-48-7-5-6-46(32-48)56-51(59)40-17-15-37-28-39(16-14-38(37)29-40)50(58)55-45-24-10-34(4-2)11-25-45/h1-2,5-32H,(H,54,57)(H,55,58)(H,56,59). The van der Waals surface area contributed by atoms with Gasteiger partial charge in [0, 0.05) is 50.9 Å². The first-order valence-electron chi connectivity index (χ1n) is 19.4. The fraction of sp³-hybridized carbons (Fsp3) is 0. The van der Waals surface area contributed by atoms with Crippen LogP contribution in [-0.4, -0.2) is 29.7 Å². The summed E-state index contributed by atoms with van der Waals surface area (Å²) in [5.74, 6) is 3.23. The molecule has 8 aromatic rings. The van der Waals surface area contributed by atoms with Crippen molar-refractivity contribution in [2.75, 3.05) is 16.0 Å². The number of hydrogen-bond acceptors (Lipinski definition) is 7. The number of nitrogens with one attached hydrogen (secondary N) is 3. The minimum atomic E-state index is -0.647. The number of hydrogen-bond donors (Lipinski definition) is 3. The molecule has 0 aliphatic rings. The van der Waals surface area contributed by atoms with Crippen molar-refractivity contribution >= 4 is 68.3 Å². The highest BCUT2D eigenvalue weighted by atomic mass is 16.5. The molecule has 8 rings (SSSR count). The summed E-state index contributed by atoms with van der Waals surface area (Å²) in [6, 6.07) is 46.7. The molecule has 0 radical (unpaired) electrons. The van der Waals surface area contributed by atoms with Gasteiger partial charge in [-0.2, -0.15) is 0 Å². The second-order valence-electron chi connectivity index (χ2n) is 14.2. The Morgan fingerprint density at radius 3 is 1.29 bits per heavy atom. The molecule has 0 saturated carbocycles. The van der Waals surface area contributed by atoms with Crippen LogP contribution < -0.4 is 25.4 Å². The van der Waals surface area contributed by atoms with Crippen molar-refractivity contribution in [1.29, 1.82) is 0 Å². The summed E-state index contributed by atoms with van der Waals surface area (Å²) in [5.41, 5.74) is 4.70. The van der Waals surface area contributed by atoms with E-state index in [1.54, 1.807) is 152 Å². The van der Waals surface area contributed by atoms with E-state index in [2.05, 4.69) is 27.8 Å². The molecule has 3 N–H and O–H groups in total. The molecule has 8 aromatic carbocycles. The molecule has 0 aromatic heterocycles. The fourth-order valence-corrected chi connectivity index (χ4v) is 6.58. The summed E-state index contributed by atoms with van der Waals surface area (Å²) < 4.78 is 11.3. The molecule has 0 unspecified atom stereocenters. The van der Waals surface area contributed by atoms with E-state index in [1.807, 2.05) is 0 Å². The number of carbonyl (C=O) groups is 5. The Hall–Kier alpha value is -9.25. The van der Waals surface area contributed by atoms with Crippen molar-refractivity contribution < 1.29 is 33.4 Å². The number of anilines is 3. The van der Waals surface area contributed by atoms with E-state index in [-0.39, 0.29) is 40.3 Å². The van der Waals surface area contributed by atoms with Gasteiger partial charge in [0.2, 0.25) is 0 Å². The summed E-state index contributed by atoms with van der Waals surface area (Å²) in [4.78, 5) is 65.4. The van der Waals surface area contributed by atoms with Crippen LogP contribution in [0.4, 0.5) is 17.1 Å². The Bertz CT molecular complexity index is 3200. The minimum Gasteiger partial charge on any atom is -0.423 e. The lowest BCUT2D eigenvalue weighted by Crippen LogP contribution is -2.13. The van der Waals surface area contributed by atoms with Gasteiger partial charge >= 0.3 is 11.9 Å². The van der Waals surface area contributed by atoms with Crippen LogP contribution in [0.2, 0.25) is 0 Å². The van der Waals surface area contributed by atoms with E-state index in [9.17, 15) is 24.0 Å². The van der Waals surface area contributed by atoms with E-state index < -0.39 is 11.9 Å². The molecule has 0 bridgehead atoms. The van der Waals surface area contributed by atoms with E-state index in [0.29, 0.717) is 50.3 Å². The average Bonchev–Trinajstić information content (AvgIpc) is 3.31. The maximum Gasteiger partial charge on any atom is 0.343 e. The van der Waals surface area contributed by atoms with Crippen LogP contribution in [0.1, 0.15) is 62.9 Å². The van der Waals surface area contributed by atoms with E-state index in [1.165, 1.54) is 18.2 Å². The smallest absolute Gasteiger partial charge is 0.343 e. The van der Waals surface area contributed by atoms with E-state index in [0.717, 1.165) is 16.2 Å².